The summed E-state index contributed by atoms with van der Waals surface area (Å²) in [6, 6.07) is 2.58. The van der Waals surface area contributed by atoms with Crippen molar-refractivity contribution in [1.82, 2.24) is 20.2 Å². The number of amides is 2. The highest BCUT2D eigenvalue weighted by Gasteiger charge is 2.54. The van der Waals surface area contributed by atoms with Gasteiger partial charge in [0.05, 0.1) is 5.92 Å². The number of hydrogen-bond acceptors (Lipinski definition) is 13. The lowest BCUT2D eigenvalue weighted by molar-refractivity contribution is -0.187. The maximum absolute atomic E-state index is 13.6. The maximum atomic E-state index is 13.6. The number of pyridine rings is 1. The zero-order valence-electron chi connectivity index (χ0n) is 24.5. The first kappa shape index (κ1) is 32.7. The van der Waals surface area contributed by atoms with Crippen molar-refractivity contribution in [2.75, 3.05) is 11.5 Å². The minimum absolute atomic E-state index is 0.0192. The Bertz CT molecular complexity index is 1470. The SMILES string of the molecule is CCCC(CCC)C(=O)OC(C)OC(=O)C1=C(/C=C\c2cccnc2)CS[C@@H]2[C@H](NC(=O)/C(=N\O)c3csc(N)n3)C(=O)N12. The molecule has 234 valence electrons. The second-order valence-electron chi connectivity index (χ2n) is 10.1. The minimum Gasteiger partial charge on any atom is -0.425 e. The molecule has 2 aliphatic rings. The Hall–Kier alpha value is -4.24. The Morgan fingerprint density at radius 2 is 2.00 bits per heavy atom. The monoisotopic (exact) mass is 642 g/mol. The molecule has 1 fully saturated rings. The number of oxime groups is 1. The van der Waals surface area contributed by atoms with E-state index in [1.165, 1.54) is 29.0 Å². The van der Waals surface area contributed by atoms with Crippen LogP contribution >= 0.6 is 23.1 Å². The normalized spacial score (nSPS) is 19.0. The molecule has 2 amide bonds. The van der Waals surface area contributed by atoms with E-state index in [2.05, 4.69) is 20.4 Å². The van der Waals surface area contributed by atoms with Crippen molar-refractivity contribution in [3.8, 4) is 0 Å². The number of aromatic nitrogens is 2. The molecule has 4 heterocycles. The largest absolute Gasteiger partial charge is 0.425 e. The van der Waals surface area contributed by atoms with Crippen molar-refractivity contribution >= 4 is 63.8 Å². The summed E-state index contributed by atoms with van der Waals surface area (Å²) in [7, 11) is 0. The molecule has 2 aromatic rings. The number of carbonyl (C=O) groups is 4. The van der Waals surface area contributed by atoms with E-state index < -0.39 is 47.2 Å². The van der Waals surface area contributed by atoms with Crippen molar-refractivity contribution in [3.05, 3.63) is 58.5 Å². The van der Waals surface area contributed by atoms with Crippen LogP contribution in [-0.2, 0) is 28.7 Å². The highest BCUT2D eigenvalue weighted by Crippen LogP contribution is 2.41. The summed E-state index contributed by atoms with van der Waals surface area (Å²) in [5.74, 6) is -2.69. The molecule has 0 aliphatic carbocycles. The van der Waals surface area contributed by atoms with E-state index >= 15 is 0 Å². The van der Waals surface area contributed by atoms with Gasteiger partial charge < -0.3 is 25.7 Å². The third kappa shape index (κ3) is 7.45. The quantitative estimate of drug-likeness (QED) is 0.0727. The van der Waals surface area contributed by atoms with Crippen molar-refractivity contribution in [2.24, 2.45) is 11.1 Å². The number of fused-ring (bicyclic) bond motifs is 1. The number of rotatable bonds is 13. The standard InChI is InChI=1S/C29H34N6O7S2/c1-4-7-18(8-5-2)27(38)41-16(3)42-28(39)23-19(11-10-17-9-6-12-31-13-17)14-43-26-22(25(37)35(23)26)33-24(36)21(34-40)20-15-44-29(30)32-20/h6,9-13,15-16,18,22,26,40H,4-5,7-8,14H2,1-3H3,(H2,30,32)(H,33,36)/b11-10-,34-21-/t16?,22-,26-/m1/s1. The summed E-state index contributed by atoms with van der Waals surface area (Å²) < 4.78 is 11.0. The van der Waals surface area contributed by atoms with Crippen molar-refractivity contribution in [2.45, 2.75) is 64.2 Å². The number of β-lactam (4-membered cyclic amide) rings is 1. The van der Waals surface area contributed by atoms with Crippen LogP contribution in [0.4, 0.5) is 5.13 Å². The van der Waals surface area contributed by atoms with Crippen molar-refractivity contribution in [1.29, 1.82) is 0 Å². The summed E-state index contributed by atoms with van der Waals surface area (Å²) in [5, 5.41) is 16.0. The zero-order valence-corrected chi connectivity index (χ0v) is 26.1. The summed E-state index contributed by atoms with van der Waals surface area (Å²) in [6.07, 6.45) is 8.49. The van der Waals surface area contributed by atoms with Gasteiger partial charge in [-0.3, -0.25) is 24.3 Å². The number of nitrogens with zero attached hydrogens (tertiary/aromatic N) is 4. The molecule has 44 heavy (non-hydrogen) atoms. The van der Waals surface area contributed by atoms with Crippen molar-refractivity contribution in [3.63, 3.8) is 0 Å². The first-order valence-electron chi connectivity index (χ1n) is 14.1. The number of nitrogen functional groups attached to an aromatic ring is 1. The maximum Gasteiger partial charge on any atom is 0.358 e. The van der Waals surface area contributed by atoms with Crippen molar-refractivity contribution < 1.29 is 33.9 Å². The third-order valence-electron chi connectivity index (χ3n) is 6.88. The lowest BCUT2D eigenvalue weighted by Crippen LogP contribution is -2.71. The van der Waals surface area contributed by atoms with Gasteiger partial charge in [-0.1, -0.05) is 50.1 Å². The number of thioether (sulfide) groups is 1. The summed E-state index contributed by atoms with van der Waals surface area (Å²) in [6.45, 7) is 5.42. The Morgan fingerprint density at radius 3 is 2.61 bits per heavy atom. The average Bonchev–Trinajstić information content (AvgIpc) is 3.44. The molecular formula is C29H34N6O7S2. The number of nitrogens with two attached hydrogens (primary N) is 1. The van der Waals surface area contributed by atoms with Gasteiger partial charge in [0.2, 0.25) is 6.29 Å². The fourth-order valence-corrected chi connectivity index (χ4v) is 6.68. The number of esters is 2. The molecule has 0 saturated carbocycles. The number of anilines is 1. The van der Waals surface area contributed by atoms with Gasteiger partial charge in [-0.15, -0.1) is 23.1 Å². The minimum atomic E-state index is -1.20. The van der Waals surface area contributed by atoms with Gasteiger partial charge in [-0.05, 0) is 30.0 Å². The van der Waals surface area contributed by atoms with Gasteiger partial charge in [0.15, 0.2) is 10.8 Å². The van der Waals surface area contributed by atoms with E-state index in [0.717, 1.165) is 29.7 Å². The van der Waals surface area contributed by atoms with Gasteiger partial charge in [0.25, 0.3) is 11.8 Å². The van der Waals surface area contributed by atoms with Gasteiger partial charge in [-0.25, -0.2) is 9.78 Å². The number of carbonyl (C=O) groups excluding carboxylic acids is 4. The van der Waals surface area contributed by atoms with E-state index in [1.807, 2.05) is 19.9 Å². The molecule has 15 heteroatoms. The van der Waals surface area contributed by atoms with Crippen LogP contribution in [0.5, 0.6) is 0 Å². The lowest BCUT2D eigenvalue weighted by Gasteiger charge is -2.49. The Kier molecular flexibility index (Phi) is 11.1. The van der Waals surface area contributed by atoms with E-state index in [4.69, 9.17) is 15.2 Å². The van der Waals surface area contributed by atoms with Crippen LogP contribution in [-0.4, -0.2) is 73.0 Å². The predicted molar refractivity (Wildman–Crippen MR) is 165 cm³/mol. The Labute approximate surface area is 262 Å². The molecule has 2 aliphatic heterocycles. The smallest absolute Gasteiger partial charge is 0.358 e. The highest BCUT2D eigenvalue weighted by atomic mass is 32.2. The zero-order chi connectivity index (χ0) is 31.8. The summed E-state index contributed by atoms with van der Waals surface area (Å²) in [4.78, 5) is 61.9. The van der Waals surface area contributed by atoms with Crippen LogP contribution in [0.25, 0.3) is 6.08 Å². The van der Waals surface area contributed by atoms with E-state index in [1.54, 1.807) is 30.6 Å². The van der Waals surface area contributed by atoms with Crippen LogP contribution in [0.15, 0.2) is 52.4 Å². The number of thiazole rings is 1. The average molecular weight is 643 g/mol. The molecule has 13 nitrogen and oxygen atoms in total. The third-order valence-corrected chi connectivity index (χ3v) is 8.86. The first-order valence-corrected chi connectivity index (χ1v) is 16.0. The van der Waals surface area contributed by atoms with Crippen LogP contribution in [0, 0.1) is 5.92 Å². The number of allylic oxidation sites excluding steroid dienone is 1. The molecule has 1 saturated heterocycles. The number of hydrogen-bond donors (Lipinski definition) is 3. The molecule has 0 aromatic carbocycles. The van der Waals surface area contributed by atoms with Crippen LogP contribution < -0.4 is 11.1 Å². The second-order valence-corrected chi connectivity index (χ2v) is 12.1. The molecule has 4 N–H and O–H groups in total. The lowest BCUT2D eigenvalue weighted by atomic mass is 9.99. The van der Waals surface area contributed by atoms with E-state index in [9.17, 15) is 24.4 Å². The van der Waals surface area contributed by atoms with Crippen LogP contribution in [0.2, 0.25) is 0 Å². The summed E-state index contributed by atoms with van der Waals surface area (Å²) in [5.41, 5.74) is 6.54. The van der Waals surface area contributed by atoms with Gasteiger partial charge in [-0.2, -0.15) is 0 Å². The topological polar surface area (TPSA) is 186 Å². The predicted octanol–water partition coefficient (Wildman–Crippen LogP) is 3.31. The summed E-state index contributed by atoms with van der Waals surface area (Å²) >= 11 is 2.39. The molecule has 0 spiro atoms. The Morgan fingerprint density at radius 1 is 1.25 bits per heavy atom. The number of nitrogens with one attached hydrogen (secondary N) is 1. The van der Waals surface area contributed by atoms with Crippen LogP contribution in [0.1, 0.15) is 57.7 Å². The van der Waals surface area contributed by atoms with Gasteiger partial charge >= 0.3 is 11.9 Å². The molecule has 3 atom stereocenters. The fraction of sp³-hybridized carbons (Fsp3) is 0.414. The second kappa shape index (κ2) is 15.0. The van der Waals surface area contributed by atoms with Gasteiger partial charge in [0.1, 0.15) is 22.8 Å². The molecular weight excluding hydrogens is 608 g/mol. The van der Waals surface area contributed by atoms with Crippen LogP contribution in [0.3, 0.4) is 0 Å². The molecule has 1 unspecified atom stereocenters. The van der Waals surface area contributed by atoms with E-state index in [-0.39, 0.29) is 22.4 Å². The molecule has 0 radical (unpaired) electrons. The Balaban J connectivity index is 1.54. The van der Waals surface area contributed by atoms with E-state index in [0.29, 0.717) is 24.2 Å². The fourth-order valence-electron chi connectivity index (χ4n) is 4.82. The number of ether oxygens (including phenoxy) is 2. The first-order chi connectivity index (χ1) is 21.2. The molecule has 0 bridgehead atoms. The van der Waals surface area contributed by atoms with Gasteiger partial charge in [0, 0.05) is 30.5 Å². The molecule has 2 aromatic heterocycles. The highest BCUT2D eigenvalue weighted by molar-refractivity contribution is 8.00. The molecule has 4 rings (SSSR count).